The Bertz CT molecular complexity index is 1190. The maximum Gasteiger partial charge on any atom is 0.347 e. The van der Waals surface area contributed by atoms with Gasteiger partial charge in [-0.05, 0) is 51.0 Å². The first-order chi connectivity index (χ1) is 14.8. The van der Waals surface area contributed by atoms with E-state index in [1.165, 1.54) is 5.56 Å². The number of fused-ring (bicyclic) bond motifs is 1. The highest BCUT2D eigenvalue weighted by Gasteiger charge is 2.27. The van der Waals surface area contributed by atoms with Crippen molar-refractivity contribution in [1.82, 2.24) is 19.6 Å². The highest BCUT2D eigenvalue weighted by Crippen LogP contribution is 2.30. The minimum absolute atomic E-state index is 0.00332. The number of nitrogens with zero attached hydrogens (tertiary/aromatic N) is 4. The van der Waals surface area contributed by atoms with Crippen LogP contribution in [0.1, 0.15) is 40.3 Å². The molecule has 1 aliphatic heterocycles. The van der Waals surface area contributed by atoms with E-state index in [4.69, 9.17) is 4.52 Å². The molecule has 3 aromatic rings. The van der Waals surface area contributed by atoms with Crippen LogP contribution in [0, 0.1) is 27.7 Å². The summed E-state index contributed by atoms with van der Waals surface area (Å²) in [5.41, 5.74) is 5.40. The van der Waals surface area contributed by atoms with Gasteiger partial charge in [0, 0.05) is 43.0 Å². The molecule has 0 atom stereocenters. The number of nitrogens with one attached hydrogen (secondary N) is 1. The zero-order valence-electron chi connectivity index (χ0n) is 18.4. The van der Waals surface area contributed by atoms with Gasteiger partial charge in [0.1, 0.15) is 5.76 Å². The van der Waals surface area contributed by atoms with Crippen LogP contribution in [0.15, 0.2) is 33.6 Å². The molecule has 162 valence electrons. The van der Waals surface area contributed by atoms with Crippen molar-refractivity contribution >= 4 is 17.4 Å². The molecule has 0 bridgehead atoms. The molecule has 0 aliphatic carbocycles. The van der Waals surface area contributed by atoms with Gasteiger partial charge in [0.15, 0.2) is 5.82 Å². The van der Waals surface area contributed by atoms with Crippen LogP contribution in [0.4, 0.5) is 11.5 Å². The standard InChI is InChI=1S/C23H27N5O3/c1-14-6-5-7-19(17(14)4)25-22-18-13-27(10-8-20(18)31-26-22)21(29)9-11-28-16(3)12-15(2)24-23(28)30/h5-7,12H,8-11,13H2,1-4H3,(H,25,26). The number of hydrogen-bond acceptors (Lipinski definition) is 6. The van der Waals surface area contributed by atoms with Gasteiger partial charge >= 0.3 is 5.69 Å². The Kier molecular flexibility index (Phi) is 5.63. The Labute approximate surface area is 180 Å². The van der Waals surface area contributed by atoms with Gasteiger partial charge in [0.25, 0.3) is 0 Å². The van der Waals surface area contributed by atoms with Gasteiger partial charge in [-0.3, -0.25) is 9.36 Å². The summed E-state index contributed by atoms with van der Waals surface area (Å²) in [5.74, 6) is 1.46. The lowest BCUT2D eigenvalue weighted by atomic mass is 10.1. The van der Waals surface area contributed by atoms with Crippen molar-refractivity contribution in [3.8, 4) is 0 Å². The molecule has 0 saturated carbocycles. The maximum atomic E-state index is 12.9. The predicted molar refractivity (Wildman–Crippen MR) is 117 cm³/mol. The van der Waals surface area contributed by atoms with E-state index in [2.05, 4.69) is 35.4 Å². The van der Waals surface area contributed by atoms with Crippen molar-refractivity contribution in [2.24, 2.45) is 0 Å². The number of carbonyl (C=O) groups excluding carboxylic acids is 1. The van der Waals surface area contributed by atoms with Gasteiger partial charge in [0.05, 0.1) is 12.1 Å². The molecular formula is C23H27N5O3. The molecule has 4 rings (SSSR count). The summed E-state index contributed by atoms with van der Waals surface area (Å²) in [4.78, 5) is 30.8. The minimum Gasteiger partial charge on any atom is -0.359 e. The van der Waals surface area contributed by atoms with Gasteiger partial charge in [-0.15, -0.1) is 0 Å². The number of hydrogen-bond donors (Lipinski definition) is 1. The summed E-state index contributed by atoms with van der Waals surface area (Å²) in [7, 11) is 0. The monoisotopic (exact) mass is 421 g/mol. The summed E-state index contributed by atoms with van der Waals surface area (Å²) in [6, 6.07) is 7.92. The third kappa shape index (κ3) is 4.23. The Balaban J connectivity index is 1.46. The lowest BCUT2D eigenvalue weighted by Crippen LogP contribution is -2.37. The molecule has 1 N–H and O–H groups in total. The van der Waals surface area contributed by atoms with Crippen LogP contribution in [0.25, 0.3) is 0 Å². The molecule has 1 amide bonds. The van der Waals surface area contributed by atoms with E-state index in [-0.39, 0.29) is 18.0 Å². The SMILES string of the molecule is Cc1cc(C)n(CCC(=O)N2CCc3onc(Nc4cccc(C)c4C)c3C2)c(=O)n1. The number of carbonyl (C=O) groups is 1. The number of aryl methyl sites for hydroxylation is 3. The smallest absolute Gasteiger partial charge is 0.347 e. The van der Waals surface area contributed by atoms with E-state index >= 15 is 0 Å². The topological polar surface area (TPSA) is 93.3 Å². The summed E-state index contributed by atoms with van der Waals surface area (Å²) in [6.07, 6.45) is 0.861. The number of aromatic nitrogens is 3. The van der Waals surface area contributed by atoms with Crippen molar-refractivity contribution in [2.75, 3.05) is 11.9 Å². The maximum absolute atomic E-state index is 12.9. The summed E-state index contributed by atoms with van der Waals surface area (Å²) < 4.78 is 7.07. The first kappa shape index (κ1) is 20.8. The molecule has 8 heteroatoms. The van der Waals surface area contributed by atoms with Crippen LogP contribution < -0.4 is 11.0 Å². The van der Waals surface area contributed by atoms with Gasteiger partial charge in [-0.2, -0.15) is 4.98 Å². The zero-order valence-corrected chi connectivity index (χ0v) is 18.4. The van der Waals surface area contributed by atoms with Crippen LogP contribution in [0.2, 0.25) is 0 Å². The van der Waals surface area contributed by atoms with Crippen LogP contribution in [0.5, 0.6) is 0 Å². The molecule has 0 saturated heterocycles. The van der Waals surface area contributed by atoms with E-state index in [0.29, 0.717) is 37.6 Å². The second-order valence-electron chi connectivity index (χ2n) is 8.09. The van der Waals surface area contributed by atoms with Crippen LogP contribution in [-0.2, 0) is 24.3 Å². The molecule has 2 aromatic heterocycles. The van der Waals surface area contributed by atoms with E-state index in [9.17, 15) is 9.59 Å². The third-order valence-corrected chi connectivity index (χ3v) is 5.93. The number of anilines is 2. The molecule has 8 nitrogen and oxygen atoms in total. The molecule has 31 heavy (non-hydrogen) atoms. The van der Waals surface area contributed by atoms with Crippen LogP contribution >= 0.6 is 0 Å². The molecule has 1 aliphatic rings. The molecular weight excluding hydrogens is 394 g/mol. The lowest BCUT2D eigenvalue weighted by molar-refractivity contribution is -0.132. The normalized spacial score (nSPS) is 13.2. The van der Waals surface area contributed by atoms with E-state index in [1.807, 2.05) is 25.1 Å². The minimum atomic E-state index is -0.315. The average Bonchev–Trinajstić information content (AvgIpc) is 3.12. The first-order valence-electron chi connectivity index (χ1n) is 10.5. The van der Waals surface area contributed by atoms with Crippen molar-refractivity contribution in [2.45, 2.75) is 53.6 Å². The quantitative estimate of drug-likeness (QED) is 0.680. The molecule has 0 spiro atoms. The van der Waals surface area contributed by atoms with Crippen molar-refractivity contribution in [1.29, 1.82) is 0 Å². The molecule has 3 heterocycles. The highest BCUT2D eigenvalue weighted by atomic mass is 16.5. The second kappa shape index (κ2) is 8.37. The van der Waals surface area contributed by atoms with E-state index in [1.54, 1.807) is 16.4 Å². The summed E-state index contributed by atoms with van der Waals surface area (Å²) >= 11 is 0. The van der Waals surface area contributed by atoms with Crippen LogP contribution in [0.3, 0.4) is 0 Å². The Hall–Kier alpha value is -3.42. The number of rotatable bonds is 5. The second-order valence-corrected chi connectivity index (χ2v) is 8.09. The van der Waals surface area contributed by atoms with Crippen molar-refractivity contribution in [3.63, 3.8) is 0 Å². The Morgan fingerprint density at radius 2 is 2.03 bits per heavy atom. The fourth-order valence-electron chi connectivity index (χ4n) is 3.95. The Morgan fingerprint density at radius 3 is 2.81 bits per heavy atom. The largest absolute Gasteiger partial charge is 0.359 e. The van der Waals surface area contributed by atoms with Gasteiger partial charge in [-0.1, -0.05) is 17.3 Å². The zero-order chi connectivity index (χ0) is 22.1. The van der Waals surface area contributed by atoms with E-state index < -0.39 is 0 Å². The third-order valence-electron chi connectivity index (χ3n) is 5.93. The summed E-state index contributed by atoms with van der Waals surface area (Å²) in [6.45, 7) is 9.10. The molecule has 0 fully saturated rings. The molecule has 0 unspecified atom stereocenters. The van der Waals surface area contributed by atoms with Gasteiger partial charge in [0.2, 0.25) is 5.91 Å². The van der Waals surface area contributed by atoms with Crippen molar-refractivity contribution in [3.05, 3.63) is 68.6 Å². The number of benzene rings is 1. The van der Waals surface area contributed by atoms with Gasteiger partial charge in [-0.25, -0.2) is 4.79 Å². The fourth-order valence-corrected chi connectivity index (χ4v) is 3.95. The van der Waals surface area contributed by atoms with Crippen molar-refractivity contribution < 1.29 is 9.32 Å². The average molecular weight is 422 g/mol. The summed E-state index contributed by atoms with van der Waals surface area (Å²) in [5, 5.41) is 7.57. The fraction of sp³-hybridized carbons (Fsp3) is 0.391. The number of amides is 1. The highest BCUT2D eigenvalue weighted by molar-refractivity contribution is 5.77. The first-order valence-corrected chi connectivity index (χ1v) is 10.5. The lowest BCUT2D eigenvalue weighted by Gasteiger charge is -2.26. The van der Waals surface area contributed by atoms with E-state index in [0.717, 1.165) is 28.3 Å². The molecule has 0 radical (unpaired) electrons. The van der Waals surface area contributed by atoms with Gasteiger partial charge < -0.3 is 14.7 Å². The molecule has 1 aromatic carbocycles. The predicted octanol–water partition coefficient (Wildman–Crippen LogP) is 3.18. The van der Waals surface area contributed by atoms with Crippen LogP contribution in [-0.4, -0.2) is 32.1 Å². The Morgan fingerprint density at radius 1 is 1.23 bits per heavy atom.